The molecule has 1 aliphatic heterocycles. The number of hydrazine groups is 1. The molecular formula is C16H15ClN6O3S. The smallest absolute Gasteiger partial charge is 0.263 e. The van der Waals surface area contributed by atoms with Crippen molar-refractivity contribution in [3.05, 3.63) is 46.7 Å². The van der Waals surface area contributed by atoms with Gasteiger partial charge in [0.1, 0.15) is 15.9 Å². The lowest BCUT2D eigenvalue weighted by Gasteiger charge is -2.12. The van der Waals surface area contributed by atoms with Crippen LogP contribution in [0.25, 0.3) is 22.7 Å². The molecule has 1 aliphatic rings. The first-order valence-corrected chi connectivity index (χ1v) is 9.81. The van der Waals surface area contributed by atoms with Crippen LogP contribution in [-0.4, -0.2) is 41.5 Å². The Morgan fingerprint density at radius 2 is 2.11 bits per heavy atom. The Morgan fingerprint density at radius 1 is 1.30 bits per heavy atom. The third kappa shape index (κ3) is 3.22. The number of hydrogen-bond acceptors (Lipinski definition) is 8. The summed E-state index contributed by atoms with van der Waals surface area (Å²) in [5.74, 6) is 0.445. The normalized spacial score (nSPS) is 17.7. The van der Waals surface area contributed by atoms with Crippen molar-refractivity contribution >= 4 is 38.7 Å². The number of nitrogens with zero attached hydrogens (tertiary/aromatic N) is 4. The molecule has 3 aromatic heterocycles. The average molecular weight is 407 g/mol. The van der Waals surface area contributed by atoms with Crippen LogP contribution in [0.4, 0.5) is 5.82 Å². The van der Waals surface area contributed by atoms with Crippen molar-refractivity contribution in [2.45, 2.75) is 13.0 Å². The number of halogens is 1. The highest BCUT2D eigenvalue weighted by atomic mass is 35.5. The molecule has 0 aliphatic carbocycles. The van der Waals surface area contributed by atoms with E-state index in [-0.39, 0.29) is 15.9 Å². The maximum Gasteiger partial charge on any atom is 0.263 e. The largest absolute Gasteiger partial charge is 0.434 e. The number of fused-ring (bicyclic) bond motifs is 1. The van der Waals surface area contributed by atoms with Gasteiger partial charge in [-0.15, -0.1) is 0 Å². The van der Waals surface area contributed by atoms with Crippen LogP contribution in [0.3, 0.4) is 0 Å². The first-order chi connectivity index (χ1) is 12.8. The molecule has 0 aromatic carbocycles. The fourth-order valence-corrected chi connectivity index (χ4v) is 4.69. The standard InChI is InChI=1S/C16H15ClN6O3S/c1-9-13(14(17)23(2)21-9)27(24,25)22-12-8-10(5-7-18-12)16-20-15-11(26-16)4-3-6-19-15/h3-9,21H,1-2H3,(H,18,22)/t9-/m1/s1. The van der Waals surface area contributed by atoms with E-state index in [2.05, 4.69) is 25.1 Å². The molecule has 4 heterocycles. The van der Waals surface area contributed by atoms with Gasteiger partial charge in [-0.2, -0.15) is 4.98 Å². The Balaban J connectivity index is 1.67. The van der Waals surface area contributed by atoms with Crippen molar-refractivity contribution in [1.29, 1.82) is 0 Å². The molecule has 0 saturated carbocycles. The molecule has 0 fully saturated rings. The Kier molecular flexibility index (Phi) is 4.25. The van der Waals surface area contributed by atoms with E-state index in [1.165, 1.54) is 17.3 Å². The number of anilines is 1. The summed E-state index contributed by atoms with van der Waals surface area (Å²) in [6.45, 7) is 1.70. The molecule has 1 atom stereocenters. The van der Waals surface area contributed by atoms with Crippen LogP contribution in [0, 0.1) is 0 Å². The molecule has 11 heteroatoms. The minimum Gasteiger partial charge on any atom is -0.434 e. The van der Waals surface area contributed by atoms with Crippen molar-refractivity contribution in [2.75, 3.05) is 11.8 Å². The van der Waals surface area contributed by atoms with E-state index in [0.717, 1.165) is 0 Å². The highest BCUT2D eigenvalue weighted by Crippen LogP contribution is 2.29. The van der Waals surface area contributed by atoms with Gasteiger partial charge in [0, 0.05) is 25.0 Å². The van der Waals surface area contributed by atoms with Crippen LogP contribution >= 0.6 is 11.6 Å². The van der Waals surface area contributed by atoms with Gasteiger partial charge in [-0.25, -0.2) is 23.8 Å². The first-order valence-electron chi connectivity index (χ1n) is 7.95. The van der Waals surface area contributed by atoms with E-state index >= 15 is 0 Å². The molecule has 0 saturated heterocycles. The minimum absolute atomic E-state index is 0.0462. The van der Waals surface area contributed by atoms with E-state index in [0.29, 0.717) is 22.7 Å². The van der Waals surface area contributed by atoms with Crippen molar-refractivity contribution in [1.82, 2.24) is 25.4 Å². The number of hydrogen-bond donors (Lipinski definition) is 2. The van der Waals surface area contributed by atoms with Crippen molar-refractivity contribution < 1.29 is 12.8 Å². The maximum absolute atomic E-state index is 12.7. The highest BCUT2D eigenvalue weighted by Gasteiger charge is 2.34. The Hall–Kier alpha value is -2.69. The molecule has 0 bridgehead atoms. The summed E-state index contributed by atoms with van der Waals surface area (Å²) in [7, 11) is -2.26. The second kappa shape index (κ2) is 6.48. The molecule has 0 unspecified atom stereocenters. The zero-order chi connectivity index (χ0) is 19.2. The molecule has 0 radical (unpaired) electrons. The number of pyridine rings is 2. The van der Waals surface area contributed by atoms with Crippen LogP contribution in [0.1, 0.15) is 6.92 Å². The van der Waals surface area contributed by atoms with Crippen LogP contribution in [-0.2, 0) is 10.0 Å². The molecule has 140 valence electrons. The zero-order valence-electron chi connectivity index (χ0n) is 14.3. The summed E-state index contributed by atoms with van der Waals surface area (Å²) in [6.07, 6.45) is 3.08. The summed E-state index contributed by atoms with van der Waals surface area (Å²) in [6, 6.07) is 6.24. The van der Waals surface area contributed by atoms with Gasteiger partial charge in [-0.3, -0.25) is 9.73 Å². The van der Waals surface area contributed by atoms with Gasteiger partial charge in [0.2, 0.25) is 5.89 Å². The van der Waals surface area contributed by atoms with Crippen LogP contribution in [0.15, 0.2) is 51.1 Å². The van der Waals surface area contributed by atoms with Crippen LogP contribution in [0.2, 0.25) is 0 Å². The van der Waals surface area contributed by atoms with Crippen molar-refractivity contribution in [2.24, 2.45) is 0 Å². The van der Waals surface area contributed by atoms with E-state index in [1.54, 1.807) is 38.4 Å². The summed E-state index contributed by atoms with van der Waals surface area (Å²) >= 11 is 6.12. The van der Waals surface area contributed by atoms with Gasteiger partial charge in [-0.05, 0) is 31.2 Å². The van der Waals surface area contributed by atoms with Crippen molar-refractivity contribution in [3.8, 4) is 11.5 Å². The molecule has 27 heavy (non-hydrogen) atoms. The first kappa shape index (κ1) is 17.7. The SMILES string of the molecule is C[C@H]1NN(C)C(Cl)=C1S(=O)(=O)Nc1cc(-c2nc3ncccc3o2)ccn1. The summed E-state index contributed by atoms with van der Waals surface area (Å²) in [5.41, 5.74) is 4.49. The molecule has 9 nitrogen and oxygen atoms in total. The third-order valence-corrected chi connectivity index (χ3v) is 6.15. The Labute approximate surface area is 160 Å². The van der Waals surface area contributed by atoms with Gasteiger partial charge < -0.3 is 4.42 Å². The Morgan fingerprint density at radius 3 is 2.81 bits per heavy atom. The lowest BCUT2D eigenvalue weighted by atomic mass is 10.2. The van der Waals surface area contributed by atoms with Crippen LogP contribution in [0.5, 0.6) is 0 Å². The molecular weight excluding hydrogens is 392 g/mol. The van der Waals surface area contributed by atoms with Crippen LogP contribution < -0.4 is 10.1 Å². The summed E-state index contributed by atoms with van der Waals surface area (Å²) < 4.78 is 33.6. The maximum atomic E-state index is 12.7. The highest BCUT2D eigenvalue weighted by molar-refractivity contribution is 7.96. The third-order valence-electron chi connectivity index (χ3n) is 3.98. The second-order valence-electron chi connectivity index (χ2n) is 5.94. The number of sulfonamides is 1. The zero-order valence-corrected chi connectivity index (χ0v) is 15.9. The van der Waals surface area contributed by atoms with E-state index in [9.17, 15) is 8.42 Å². The second-order valence-corrected chi connectivity index (χ2v) is 7.95. The quantitative estimate of drug-likeness (QED) is 0.634. The van der Waals surface area contributed by atoms with Gasteiger partial charge in [-0.1, -0.05) is 11.6 Å². The van der Waals surface area contributed by atoms with E-state index in [4.69, 9.17) is 16.0 Å². The molecule has 4 rings (SSSR count). The molecule has 0 spiro atoms. The van der Waals surface area contributed by atoms with Gasteiger partial charge in [0.05, 0.1) is 6.04 Å². The number of aromatic nitrogens is 3. The van der Waals surface area contributed by atoms with Gasteiger partial charge in [0.25, 0.3) is 10.0 Å². The lowest BCUT2D eigenvalue weighted by Crippen LogP contribution is -2.33. The topological polar surface area (TPSA) is 113 Å². The minimum atomic E-state index is -3.90. The molecule has 2 N–H and O–H groups in total. The average Bonchev–Trinajstić information content (AvgIpc) is 3.15. The Bertz CT molecular complexity index is 1130. The van der Waals surface area contributed by atoms with Gasteiger partial charge >= 0.3 is 0 Å². The summed E-state index contributed by atoms with van der Waals surface area (Å²) in [4.78, 5) is 12.5. The monoisotopic (exact) mass is 406 g/mol. The molecule has 0 amide bonds. The number of nitrogens with one attached hydrogen (secondary N) is 2. The predicted octanol–water partition coefficient (Wildman–Crippen LogP) is 2.27. The lowest BCUT2D eigenvalue weighted by molar-refractivity contribution is 0.330. The summed E-state index contributed by atoms with van der Waals surface area (Å²) in [5, 5.41) is 1.56. The fourth-order valence-electron chi connectivity index (χ4n) is 2.80. The number of rotatable bonds is 4. The van der Waals surface area contributed by atoms with Crippen molar-refractivity contribution in [3.63, 3.8) is 0 Å². The van der Waals surface area contributed by atoms with Gasteiger partial charge in [0.15, 0.2) is 11.2 Å². The number of oxazole rings is 1. The molecule has 3 aromatic rings. The van der Waals surface area contributed by atoms with E-state index < -0.39 is 16.1 Å². The predicted molar refractivity (Wildman–Crippen MR) is 101 cm³/mol. The fraction of sp³-hybridized carbons (Fsp3) is 0.188. The van der Waals surface area contributed by atoms with E-state index in [1.807, 2.05) is 0 Å².